The van der Waals surface area contributed by atoms with Gasteiger partial charge in [-0.3, -0.25) is 14.2 Å². The van der Waals surface area contributed by atoms with Gasteiger partial charge in [-0.15, -0.1) is 11.3 Å². The summed E-state index contributed by atoms with van der Waals surface area (Å²) in [5, 5.41) is 17.5. The molecule has 13 heteroatoms. The van der Waals surface area contributed by atoms with Gasteiger partial charge in [0.2, 0.25) is 0 Å². The molecule has 2 aromatic heterocycles. The van der Waals surface area contributed by atoms with Gasteiger partial charge in [-0.1, -0.05) is 66.2 Å². The Hall–Kier alpha value is -5.77. The van der Waals surface area contributed by atoms with Crippen LogP contribution in [0.25, 0.3) is 34.3 Å². The van der Waals surface area contributed by atoms with Crippen LogP contribution in [0.15, 0.2) is 114 Å². The van der Waals surface area contributed by atoms with E-state index in [2.05, 4.69) is 5.32 Å². The molecule has 4 aromatic carbocycles. The SMILES string of the molecule is N#CC(C(=O)Nc1ccccc1F)=c1sc(=Cc2cn(-c3ccccc3)nc2-c2cccc(Cl)c2)c(=O)n1-c1ccccc1C(F)(F)F. The second-order valence-corrected chi connectivity index (χ2v) is 11.7. The molecule has 0 atom stereocenters. The summed E-state index contributed by atoms with van der Waals surface area (Å²) in [7, 11) is 0. The van der Waals surface area contributed by atoms with Gasteiger partial charge >= 0.3 is 6.18 Å². The van der Waals surface area contributed by atoms with Crippen molar-refractivity contribution >= 4 is 46.2 Å². The molecule has 0 radical (unpaired) electrons. The van der Waals surface area contributed by atoms with Crippen molar-refractivity contribution in [3.8, 4) is 28.7 Å². The highest BCUT2D eigenvalue weighted by molar-refractivity contribution is 7.07. The Morgan fingerprint density at radius 3 is 2.38 bits per heavy atom. The topological polar surface area (TPSA) is 92.7 Å². The fraction of sp³-hybridized carbons (Fsp3) is 0.0286. The number of benzene rings is 4. The molecule has 1 amide bonds. The van der Waals surface area contributed by atoms with Crippen molar-refractivity contribution in [3.05, 3.63) is 151 Å². The van der Waals surface area contributed by atoms with Crippen LogP contribution >= 0.6 is 22.9 Å². The quantitative estimate of drug-likeness (QED) is 0.198. The number of alkyl halides is 3. The number of hydrogen-bond donors (Lipinski definition) is 1. The van der Waals surface area contributed by atoms with Crippen molar-refractivity contribution in [3.63, 3.8) is 0 Å². The van der Waals surface area contributed by atoms with Gasteiger partial charge in [-0.25, -0.2) is 9.07 Å². The number of para-hydroxylation sites is 3. The Bertz CT molecular complexity index is 2410. The van der Waals surface area contributed by atoms with Crippen LogP contribution in [-0.2, 0) is 11.0 Å². The average molecular weight is 686 g/mol. The molecule has 2 heterocycles. The largest absolute Gasteiger partial charge is 0.418 e. The number of rotatable bonds is 6. The zero-order valence-electron chi connectivity index (χ0n) is 24.4. The number of thiazole rings is 1. The molecule has 0 saturated carbocycles. The van der Waals surface area contributed by atoms with Gasteiger partial charge in [-0.2, -0.15) is 23.5 Å². The molecule has 0 spiro atoms. The molecule has 0 saturated heterocycles. The second-order valence-electron chi connectivity index (χ2n) is 10.2. The zero-order chi connectivity index (χ0) is 34.0. The Morgan fingerprint density at radius 2 is 1.67 bits per heavy atom. The van der Waals surface area contributed by atoms with Crippen LogP contribution in [-0.4, -0.2) is 20.3 Å². The van der Waals surface area contributed by atoms with Crippen molar-refractivity contribution in [2.75, 3.05) is 5.32 Å². The van der Waals surface area contributed by atoms with E-state index in [-0.39, 0.29) is 14.9 Å². The number of carbonyl (C=O) groups is 1. The summed E-state index contributed by atoms with van der Waals surface area (Å²) < 4.78 is 58.8. The van der Waals surface area contributed by atoms with Gasteiger partial charge in [0, 0.05) is 22.3 Å². The van der Waals surface area contributed by atoms with Crippen molar-refractivity contribution < 1.29 is 22.4 Å². The fourth-order valence-corrected chi connectivity index (χ4v) is 6.20. The molecule has 0 aliphatic heterocycles. The van der Waals surface area contributed by atoms with Gasteiger partial charge in [0.1, 0.15) is 22.2 Å². The third-order valence-corrected chi connectivity index (χ3v) is 8.42. The molecular formula is C35H20ClF4N5O2S. The van der Waals surface area contributed by atoms with E-state index < -0.39 is 40.3 Å². The lowest BCUT2D eigenvalue weighted by molar-refractivity contribution is -0.137. The third kappa shape index (κ3) is 6.42. The average Bonchev–Trinajstić information content (AvgIpc) is 3.63. The lowest BCUT2D eigenvalue weighted by Crippen LogP contribution is -2.33. The molecule has 238 valence electrons. The first-order valence-corrected chi connectivity index (χ1v) is 15.3. The van der Waals surface area contributed by atoms with Crippen LogP contribution in [0.1, 0.15) is 11.1 Å². The Labute approximate surface area is 278 Å². The smallest absolute Gasteiger partial charge is 0.319 e. The predicted molar refractivity (Wildman–Crippen MR) is 176 cm³/mol. The molecule has 7 nitrogen and oxygen atoms in total. The Morgan fingerprint density at radius 1 is 0.958 bits per heavy atom. The molecule has 0 fully saturated rings. The normalized spacial score (nSPS) is 12.5. The maximum atomic E-state index is 14.4. The summed E-state index contributed by atoms with van der Waals surface area (Å²) >= 11 is 6.90. The van der Waals surface area contributed by atoms with E-state index in [0.29, 0.717) is 43.4 Å². The summed E-state index contributed by atoms with van der Waals surface area (Å²) in [4.78, 5) is 27.5. The van der Waals surface area contributed by atoms with E-state index >= 15 is 0 Å². The number of hydrogen-bond acceptors (Lipinski definition) is 5. The molecule has 0 unspecified atom stereocenters. The highest BCUT2D eigenvalue weighted by Crippen LogP contribution is 2.33. The monoisotopic (exact) mass is 685 g/mol. The lowest BCUT2D eigenvalue weighted by atomic mass is 10.1. The van der Waals surface area contributed by atoms with Gasteiger partial charge in [0.25, 0.3) is 11.5 Å². The molecule has 6 aromatic rings. The first-order valence-electron chi connectivity index (χ1n) is 14.1. The van der Waals surface area contributed by atoms with E-state index in [1.165, 1.54) is 30.3 Å². The maximum Gasteiger partial charge on any atom is 0.418 e. The van der Waals surface area contributed by atoms with Crippen LogP contribution < -0.4 is 20.1 Å². The van der Waals surface area contributed by atoms with Gasteiger partial charge < -0.3 is 5.32 Å². The van der Waals surface area contributed by atoms with Gasteiger partial charge in [-0.05, 0) is 54.6 Å². The molecule has 48 heavy (non-hydrogen) atoms. The van der Waals surface area contributed by atoms with Gasteiger partial charge in [0.05, 0.1) is 27.2 Å². The summed E-state index contributed by atoms with van der Waals surface area (Å²) in [5.74, 6) is -1.92. The minimum atomic E-state index is -4.89. The number of aromatic nitrogens is 3. The maximum absolute atomic E-state index is 14.4. The van der Waals surface area contributed by atoms with Crippen LogP contribution in [0, 0.1) is 17.1 Å². The van der Waals surface area contributed by atoms with Crippen LogP contribution in [0.2, 0.25) is 5.02 Å². The zero-order valence-corrected chi connectivity index (χ0v) is 25.9. The van der Waals surface area contributed by atoms with E-state index in [1.807, 2.05) is 30.3 Å². The second kappa shape index (κ2) is 13.2. The van der Waals surface area contributed by atoms with E-state index in [0.717, 1.165) is 24.3 Å². The number of anilines is 1. The molecule has 0 aliphatic rings. The highest BCUT2D eigenvalue weighted by Gasteiger charge is 2.34. The standard InChI is InChI=1S/C35H20ClF4N5O2S/c36-23-10-8-9-21(17-23)31-22(20-44(43-31)24-11-2-1-3-12-24)18-30-33(47)45(29-16-7-4-13-26(29)35(38,39)40)34(48-30)25(19-41)32(46)42-28-15-6-5-14-27(28)37/h1-18,20H,(H,42,46). The molecule has 0 aliphatic carbocycles. The third-order valence-electron chi connectivity index (χ3n) is 7.10. The summed E-state index contributed by atoms with van der Waals surface area (Å²) in [6.07, 6.45) is -1.83. The van der Waals surface area contributed by atoms with Crippen molar-refractivity contribution in [2.24, 2.45) is 0 Å². The number of carbonyl (C=O) groups excluding carboxylic acids is 1. The molecule has 6 rings (SSSR count). The van der Waals surface area contributed by atoms with E-state index in [9.17, 15) is 32.4 Å². The molecule has 0 bridgehead atoms. The minimum absolute atomic E-state index is 0.107. The number of nitrogens with zero attached hydrogens (tertiary/aromatic N) is 4. The number of nitrogens with one attached hydrogen (secondary N) is 1. The number of nitriles is 1. The van der Waals surface area contributed by atoms with E-state index in [4.69, 9.17) is 16.7 Å². The fourth-order valence-electron chi connectivity index (χ4n) is 4.93. The summed E-state index contributed by atoms with van der Waals surface area (Å²) in [6, 6.07) is 27.1. The molecular weight excluding hydrogens is 666 g/mol. The van der Waals surface area contributed by atoms with Gasteiger partial charge in [0.15, 0.2) is 5.57 Å². The summed E-state index contributed by atoms with van der Waals surface area (Å²) in [5.41, 5.74) is -1.57. The van der Waals surface area contributed by atoms with Crippen molar-refractivity contribution in [1.82, 2.24) is 14.3 Å². The van der Waals surface area contributed by atoms with Crippen LogP contribution in [0.5, 0.6) is 0 Å². The lowest BCUT2D eigenvalue weighted by Gasteiger charge is -2.13. The highest BCUT2D eigenvalue weighted by atomic mass is 35.5. The molecule has 1 N–H and O–H groups in total. The van der Waals surface area contributed by atoms with Crippen molar-refractivity contribution in [1.29, 1.82) is 5.26 Å². The predicted octanol–water partition coefficient (Wildman–Crippen LogP) is 6.70. The Kier molecular flexibility index (Phi) is 8.82. The number of halogens is 5. The Balaban J connectivity index is 1.65. The first kappa shape index (κ1) is 32.2. The number of amides is 1. The van der Waals surface area contributed by atoms with E-state index in [1.54, 1.807) is 41.2 Å². The first-order chi connectivity index (χ1) is 23.0. The minimum Gasteiger partial charge on any atom is -0.319 e. The van der Waals surface area contributed by atoms with Crippen LogP contribution in [0.3, 0.4) is 0 Å². The van der Waals surface area contributed by atoms with Crippen LogP contribution in [0.4, 0.5) is 23.2 Å². The summed E-state index contributed by atoms with van der Waals surface area (Å²) in [6.45, 7) is 0. The van der Waals surface area contributed by atoms with Crippen molar-refractivity contribution in [2.45, 2.75) is 6.18 Å².